The van der Waals surface area contributed by atoms with Crippen LogP contribution >= 0.6 is 0 Å². The second-order valence-electron chi connectivity index (χ2n) is 4.39. The highest BCUT2D eigenvalue weighted by molar-refractivity contribution is 6.23. The van der Waals surface area contributed by atoms with Crippen molar-refractivity contribution in [1.29, 1.82) is 0 Å². The largest absolute Gasteiger partial charge is 0.378 e. The summed E-state index contributed by atoms with van der Waals surface area (Å²) < 4.78 is 0. The van der Waals surface area contributed by atoms with E-state index in [1.807, 2.05) is 26.2 Å². The molecule has 1 unspecified atom stereocenters. The third-order valence-electron chi connectivity index (χ3n) is 2.73. The summed E-state index contributed by atoms with van der Waals surface area (Å²) in [5.41, 5.74) is 3.18. The summed E-state index contributed by atoms with van der Waals surface area (Å²) in [5.74, 6) is 0.118. The minimum Gasteiger partial charge on any atom is -0.378 e. The highest BCUT2D eigenvalue weighted by atomic mass is 16.1. The lowest BCUT2D eigenvalue weighted by Crippen LogP contribution is -2.08. The van der Waals surface area contributed by atoms with Crippen molar-refractivity contribution < 1.29 is 4.79 Å². The van der Waals surface area contributed by atoms with Crippen LogP contribution in [0.2, 0.25) is 0 Å². The molecule has 1 atom stereocenters. The highest BCUT2D eigenvalue weighted by Gasteiger charge is 2.29. The van der Waals surface area contributed by atoms with E-state index in [9.17, 15) is 4.79 Å². The van der Waals surface area contributed by atoms with E-state index in [0.717, 1.165) is 11.3 Å². The maximum Gasteiger partial charge on any atom is 0.160 e. The molecule has 3 nitrogen and oxygen atoms in total. The Balaban J connectivity index is 1.98. The number of nitrogens with zero attached hydrogens (tertiary/aromatic N) is 2. The van der Waals surface area contributed by atoms with Gasteiger partial charge in [0, 0.05) is 19.8 Å². The molecule has 0 fully saturated rings. The van der Waals surface area contributed by atoms with Crippen LogP contribution in [0.15, 0.2) is 35.3 Å². The molecule has 1 aromatic rings. The molecule has 0 aromatic heterocycles. The van der Waals surface area contributed by atoms with Gasteiger partial charge in [0.2, 0.25) is 0 Å². The van der Waals surface area contributed by atoms with Crippen LogP contribution in [-0.4, -0.2) is 31.6 Å². The summed E-state index contributed by atoms with van der Waals surface area (Å²) in [6.45, 7) is 1.57. The molecule has 0 bridgehead atoms. The van der Waals surface area contributed by atoms with Crippen molar-refractivity contribution in [3.63, 3.8) is 0 Å². The van der Waals surface area contributed by atoms with Crippen molar-refractivity contribution in [2.75, 3.05) is 19.0 Å². The molecule has 0 spiro atoms. The second-order valence-corrected chi connectivity index (χ2v) is 4.39. The smallest absolute Gasteiger partial charge is 0.160 e. The van der Waals surface area contributed by atoms with Crippen LogP contribution in [-0.2, 0) is 4.79 Å². The van der Waals surface area contributed by atoms with Crippen molar-refractivity contribution in [2.24, 2.45) is 4.99 Å². The molecule has 17 heavy (non-hydrogen) atoms. The minimum absolute atomic E-state index is 0.118. The lowest BCUT2D eigenvalue weighted by molar-refractivity contribution is -0.116. The minimum atomic E-state index is -0.174. The molecule has 0 aliphatic carbocycles. The summed E-state index contributed by atoms with van der Waals surface area (Å²) >= 11 is 0. The lowest BCUT2D eigenvalue weighted by atomic mass is 10.1. The van der Waals surface area contributed by atoms with Crippen LogP contribution in [0, 0.1) is 0 Å². The molecule has 0 N–H and O–H groups in total. The van der Waals surface area contributed by atoms with E-state index >= 15 is 0 Å². The van der Waals surface area contributed by atoms with Crippen molar-refractivity contribution in [1.82, 2.24) is 0 Å². The normalized spacial score (nSPS) is 18.1. The Morgan fingerprint density at radius 1 is 1.24 bits per heavy atom. The van der Waals surface area contributed by atoms with E-state index in [2.05, 4.69) is 34.2 Å². The number of hydrogen-bond donors (Lipinski definition) is 0. The van der Waals surface area contributed by atoms with E-state index in [4.69, 9.17) is 0 Å². The molecule has 0 saturated heterocycles. The molecular weight excluding hydrogens is 212 g/mol. The Kier molecular flexibility index (Phi) is 3.09. The molecule has 3 heteroatoms. The predicted molar refractivity (Wildman–Crippen MR) is 71.7 cm³/mol. The standard InChI is InChI=1S/C14H16N2O/c1-10(17)14-13(15-14)9-6-11-4-7-12(8-5-11)16(2)3/h4-9,14H,1-3H3/b9-6+. The molecule has 0 amide bonds. The number of hydrogen-bond acceptors (Lipinski definition) is 3. The Bertz CT molecular complexity index is 483. The number of anilines is 1. The average molecular weight is 228 g/mol. The van der Waals surface area contributed by atoms with E-state index in [1.54, 1.807) is 6.92 Å². The Morgan fingerprint density at radius 2 is 1.88 bits per heavy atom. The number of aliphatic imine (C=N–C) groups is 1. The van der Waals surface area contributed by atoms with E-state index in [1.165, 1.54) is 5.69 Å². The highest BCUT2D eigenvalue weighted by Crippen LogP contribution is 2.17. The zero-order valence-corrected chi connectivity index (χ0v) is 10.3. The van der Waals surface area contributed by atoms with Gasteiger partial charge in [0.25, 0.3) is 0 Å². The third-order valence-corrected chi connectivity index (χ3v) is 2.73. The molecule has 0 saturated carbocycles. The van der Waals surface area contributed by atoms with E-state index < -0.39 is 0 Å². The zero-order chi connectivity index (χ0) is 12.4. The van der Waals surface area contributed by atoms with Crippen LogP contribution in [0.4, 0.5) is 5.69 Å². The monoisotopic (exact) mass is 228 g/mol. The van der Waals surface area contributed by atoms with Gasteiger partial charge in [-0.3, -0.25) is 9.79 Å². The molecule has 1 aliphatic heterocycles. The molecule has 1 aliphatic rings. The van der Waals surface area contributed by atoms with Crippen molar-refractivity contribution in [2.45, 2.75) is 13.0 Å². The fraction of sp³-hybridized carbons (Fsp3) is 0.286. The van der Waals surface area contributed by atoms with Gasteiger partial charge >= 0.3 is 0 Å². The first-order valence-corrected chi connectivity index (χ1v) is 5.61. The van der Waals surface area contributed by atoms with Gasteiger partial charge in [-0.1, -0.05) is 18.2 Å². The van der Waals surface area contributed by atoms with Gasteiger partial charge < -0.3 is 4.90 Å². The van der Waals surface area contributed by atoms with Gasteiger partial charge in [-0.15, -0.1) is 0 Å². The van der Waals surface area contributed by atoms with Crippen molar-refractivity contribution >= 4 is 23.3 Å². The predicted octanol–water partition coefficient (Wildman–Crippen LogP) is 2.18. The molecule has 1 heterocycles. The van der Waals surface area contributed by atoms with Crippen LogP contribution in [0.1, 0.15) is 12.5 Å². The van der Waals surface area contributed by atoms with Gasteiger partial charge in [0.15, 0.2) is 5.78 Å². The quantitative estimate of drug-likeness (QED) is 0.791. The Labute approximate surface area is 101 Å². The second kappa shape index (κ2) is 4.53. The SMILES string of the molecule is CC(=O)C1N=C1/C=C/c1ccc(N(C)C)cc1. The van der Waals surface area contributed by atoms with E-state index in [-0.39, 0.29) is 11.8 Å². The van der Waals surface area contributed by atoms with Gasteiger partial charge in [0.05, 0.1) is 5.71 Å². The fourth-order valence-corrected chi connectivity index (χ4v) is 1.61. The first-order chi connectivity index (χ1) is 8.08. The Morgan fingerprint density at radius 3 is 2.35 bits per heavy atom. The molecule has 1 aromatic carbocycles. The number of carbonyl (C=O) groups is 1. The number of benzene rings is 1. The third kappa shape index (κ3) is 2.81. The summed E-state index contributed by atoms with van der Waals surface area (Å²) in [6.07, 6.45) is 3.90. The molecule has 0 radical (unpaired) electrons. The first-order valence-electron chi connectivity index (χ1n) is 5.61. The van der Waals surface area contributed by atoms with Crippen LogP contribution < -0.4 is 4.90 Å². The van der Waals surface area contributed by atoms with Gasteiger partial charge in [-0.25, -0.2) is 0 Å². The van der Waals surface area contributed by atoms with Crippen LogP contribution in [0.25, 0.3) is 6.08 Å². The Hall–Kier alpha value is -1.90. The maximum absolute atomic E-state index is 11.0. The summed E-state index contributed by atoms with van der Waals surface area (Å²) in [7, 11) is 4.03. The number of carbonyl (C=O) groups excluding carboxylic acids is 1. The summed E-state index contributed by atoms with van der Waals surface area (Å²) in [6, 6.07) is 8.07. The van der Waals surface area contributed by atoms with Gasteiger partial charge in [-0.05, 0) is 30.7 Å². The summed E-state index contributed by atoms with van der Waals surface area (Å²) in [5, 5.41) is 0. The van der Waals surface area contributed by atoms with E-state index in [0.29, 0.717) is 0 Å². The average Bonchev–Trinajstić information content (AvgIpc) is 3.06. The van der Waals surface area contributed by atoms with Gasteiger partial charge in [0.1, 0.15) is 6.04 Å². The van der Waals surface area contributed by atoms with Gasteiger partial charge in [-0.2, -0.15) is 0 Å². The molecule has 2 rings (SSSR count). The van der Waals surface area contributed by atoms with Crippen LogP contribution in [0.5, 0.6) is 0 Å². The fourth-order valence-electron chi connectivity index (χ4n) is 1.61. The maximum atomic E-state index is 11.0. The lowest BCUT2D eigenvalue weighted by Gasteiger charge is -2.11. The zero-order valence-electron chi connectivity index (χ0n) is 10.3. The summed E-state index contributed by atoms with van der Waals surface area (Å²) in [4.78, 5) is 17.1. The van der Waals surface area contributed by atoms with Crippen LogP contribution in [0.3, 0.4) is 0 Å². The number of Topliss-reactive ketones (excluding diaryl/α,β-unsaturated/α-hetero) is 1. The topological polar surface area (TPSA) is 32.7 Å². The molecule has 88 valence electrons. The van der Waals surface area contributed by atoms with Crippen molar-refractivity contribution in [3.05, 3.63) is 35.9 Å². The molecular formula is C14H16N2O. The first kappa shape index (κ1) is 11.6. The number of rotatable bonds is 4. The van der Waals surface area contributed by atoms with Crippen molar-refractivity contribution in [3.8, 4) is 0 Å². The number of ketones is 1.